The van der Waals surface area contributed by atoms with Crippen LogP contribution in [0.3, 0.4) is 0 Å². The highest BCUT2D eigenvalue weighted by Gasteiger charge is 2.35. The van der Waals surface area contributed by atoms with E-state index in [2.05, 4.69) is 5.32 Å². The Morgan fingerprint density at radius 3 is 2.60 bits per heavy atom. The molecule has 0 spiro atoms. The number of likely N-dealkylation sites (N-methyl/N-ethyl adjacent to an activating group) is 1. The summed E-state index contributed by atoms with van der Waals surface area (Å²) < 4.78 is 5.48. The van der Waals surface area contributed by atoms with E-state index >= 15 is 0 Å². The topological polar surface area (TPSA) is 116 Å². The second-order valence-corrected chi connectivity index (χ2v) is 8.30. The van der Waals surface area contributed by atoms with Crippen molar-refractivity contribution in [1.82, 2.24) is 14.7 Å². The number of hydrogen-bond acceptors (Lipinski definition) is 7. The van der Waals surface area contributed by atoms with E-state index in [9.17, 15) is 24.0 Å². The van der Waals surface area contributed by atoms with E-state index in [1.54, 1.807) is 24.1 Å². The number of imide groups is 1. The molecule has 1 aromatic heterocycles. The first kappa shape index (κ1) is 21.9. The lowest BCUT2D eigenvalue weighted by Gasteiger charge is -2.38. The van der Waals surface area contributed by atoms with Gasteiger partial charge in [0.1, 0.15) is 6.54 Å². The number of thiophene rings is 1. The number of ether oxygens (including phenoxy) is 1. The van der Waals surface area contributed by atoms with Crippen molar-refractivity contribution in [3.05, 3.63) is 17.0 Å². The number of amides is 5. The molecule has 0 bridgehead atoms. The third-order valence-electron chi connectivity index (χ3n) is 4.94. The SMILES string of the molecule is CC(=O)Nc1ccc(C(=O)N(C)CC2COCCN2C(=O)CN2C(=O)CCC2=O)s1. The van der Waals surface area contributed by atoms with Crippen LogP contribution in [0.25, 0.3) is 0 Å². The van der Waals surface area contributed by atoms with E-state index in [-0.39, 0.29) is 68.1 Å². The summed E-state index contributed by atoms with van der Waals surface area (Å²) >= 11 is 1.17. The lowest BCUT2D eigenvalue weighted by Crippen LogP contribution is -2.56. The molecule has 0 aliphatic carbocycles. The van der Waals surface area contributed by atoms with Gasteiger partial charge in [-0.25, -0.2) is 0 Å². The van der Waals surface area contributed by atoms with Crippen LogP contribution in [0.4, 0.5) is 5.00 Å². The van der Waals surface area contributed by atoms with Gasteiger partial charge in [-0.15, -0.1) is 11.3 Å². The maximum Gasteiger partial charge on any atom is 0.263 e. The van der Waals surface area contributed by atoms with Crippen LogP contribution in [0, 0.1) is 0 Å². The summed E-state index contributed by atoms with van der Waals surface area (Å²) in [5, 5.41) is 3.22. The lowest BCUT2D eigenvalue weighted by atomic mass is 10.2. The third-order valence-corrected chi connectivity index (χ3v) is 5.93. The number of likely N-dealkylation sites (tertiary alicyclic amines) is 1. The Bertz CT molecular complexity index is 853. The monoisotopic (exact) mass is 436 g/mol. The molecule has 0 saturated carbocycles. The van der Waals surface area contributed by atoms with E-state index in [1.165, 1.54) is 23.2 Å². The van der Waals surface area contributed by atoms with Gasteiger partial charge >= 0.3 is 0 Å². The van der Waals surface area contributed by atoms with Crippen LogP contribution in [-0.2, 0) is 23.9 Å². The summed E-state index contributed by atoms with van der Waals surface area (Å²) in [6.45, 7) is 2.29. The average Bonchev–Trinajstić information content (AvgIpc) is 3.29. The second-order valence-electron chi connectivity index (χ2n) is 7.22. The largest absolute Gasteiger partial charge is 0.377 e. The number of anilines is 1. The number of carbonyl (C=O) groups is 5. The number of hydrogen-bond donors (Lipinski definition) is 1. The molecule has 3 heterocycles. The van der Waals surface area contributed by atoms with Crippen molar-refractivity contribution in [2.75, 3.05) is 45.2 Å². The quantitative estimate of drug-likeness (QED) is 0.635. The van der Waals surface area contributed by atoms with Crippen molar-refractivity contribution in [2.45, 2.75) is 25.8 Å². The van der Waals surface area contributed by atoms with E-state index in [4.69, 9.17) is 4.74 Å². The van der Waals surface area contributed by atoms with Crippen LogP contribution in [0.1, 0.15) is 29.4 Å². The predicted molar refractivity (Wildman–Crippen MR) is 108 cm³/mol. The molecule has 10 nitrogen and oxygen atoms in total. The van der Waals surface area contributed by atoms with Crippen LogP contribution in [-0.4, -0.2) is 90.2 Å². The molecule has 1 aromatic rings. The highest BCUT2D eigenvalue weighted by molar-refractivity contribution is 7.18. The van der Waals surface area contributed by atoms with Gasteiger partial charge in [0.05, 0.1) is 29.1 Å². The minimum absolute atomic E-state index is 0.136. The zero-order chi connectivity index (χ0) is 21.8. The molecule has 2 saturated heterocycles. The summed E-state index contributed by atoms with van der Waals surface area (Å²) in [4.78, 5) is 64.8. The molecular formula is C19H24N4O6S. The van der Waals surface area contributed by atoms with E-state index < -0.39 is 0 Å². The molecular weight excluding hydrogens is 412 g/mol. The molecule has 1 N–H and O–H groups in total. The summed E-state index contributed by atoms with van der Waals surface area (Å²) in [6, 6.07) is 2.92. The first-order valence-corrected chi connectivity index (χ1v) is 10.4. The molecule has 2 aliphatic heterocycles. The molecule has 30 heavy (non-hydrogen) atoms. The molecule has 1 atom stereocenters. The van der Waals surface area contributed by atoms with Crippen LogP contribution >= 0.6 is 11.3 Å². The molecule has 162 valence electrons. The van der Waals surface area contributed by atoms with Crippen molar-refractivity contribution >= 4 is 45.9 Å². The number of nitrogens with zero attached hydrogens (tertiary/aromatic N) is 3. The van der Waals surface area contributed by atoms with Crippen LogP contribution in [0.5, 0.6) is 0 Å². The van der Waals surface area contributed by atoms with Crippen LogP contribution < -0.4 is 5.32 Å². The molecule has 5 amide bonds. The summed E-state index contributed by atoms with van der Waals surface area (Å²) in [7, 11) is 1.63. The first-order chi connectivity index (χ1) is 14.3. The van der Waals surface area contributed by atoms with E-state index in [0.717, 1.165) is 4.90 Å². The Morgan fingerprint density at radius 1 is 1.23 bits per heavy atom. The predicted octanol–water partition coefficient (Wildman–Crippen LogP) is 0.155. The van der Waals surface area contributed by atoms with Crippen LogP contribution in [0.15, 0.2) is 12.1 Å². The normalized spacial score (nSPS) is 19.2. The average molecular weight is 436 g/mol. The van der Waals surface area contributed by atoms with Crippen molar-refractivity contribution in [3.63, 3.8) is 0 Å². The van der Waals surface area contributed by atoms with Gasteiger partial charge in [-0.2, -0.15) is 0 Å². The van der Waals surface area contributed by atoms with E-state index in [1.807, 2.05) is 0 Å². The standard InChI is InChI=1S/C19H24N4O6S/c1-12(24)20-15-4-3-14(30-15)19(28)21(2)9-13-11-29-8-7-22(13)18(27)10-23-16(25)5-6-17(23)26/h3-4,13H,5-11H2,1-2H3,(H,20,24). The van der Waals surface area contributed by atoms with Gasteiger partial charge in [0.2, 0.25) is 23.6 Å². The second kappa shape index (κ2) is 9.35. The smallest absolute Gasteiger partial charge is 0.263 e. The Morgan fingerprint density at radius 2 is 1.93 bits per heavy atom. The molecule has 11 heteroatoms. The first-order valence-electron chi connectivity index (χ1n) is 9.59. The van der Waals surface area contributed by atoms with Crippen molar-refractivity contribution in [1.29, 1.82) is 0 Å². The fourth-order valence-corrected chi connectivity index (χ4v) is 4.39. The molecule has 2 fully saturated rings. The highest BCUT2D eigenvalue weighted by Crippen LogP contribution is 2.23. The summed E-state index contributed by atoms with van der Waals surface area (Å²) in [5.74, 6) is -1.46. The van der Waals surface area contributed by atoms with Gasteiger partial charge in [0.15, 0.2) is 0 Å². The number of rotatable bonds is 6. The van der Waals surface area contributed by atoms with E-state index in [0.29, 0.717) is 23.0 Å². The highest BCUT2D eigenvalue weighted by atomic mass is 32.1. The zero-order valence-corrected chi connectivity index (χ0v) is 17.7. The Balaban J connectivity index is 1.62. The van der Waals surface area contributed by atoms with Gasteiger partial charge in [-0.3, -0.25) is 28.9 Å². The number of carbonyl (C=O) groups excluding carboxylic acids is 5. The summed E-state index contributed by atoms with van der Waals surface area (Å²) in [5.41, 5.74) is 0. The lowest BCUT2D eigenvalue weighted by molar-refractivity contribution is -0.149. The minimum atomic E-state index is -0.386. The maximum atomic E-state index is 12.8. The fraction of sp³-hybridized carbons (Fsp3) is 0.526. The van der Waals surface area contributed by atoms with Gasteiger partial charge in [0, 0.05) is 39.9 Å². The van der Waals surface area contributed by atoms with Crippen molar-refractivity contribution in [3.8, 4) is 0 Å². The Labute approximate surface area is 177 Å². The molecule has 0 aromatic carbocycles. The van der Waals surface area contributed by atoms with Crippen LogP contribution in [0.2, 0.25) is 0 Å². The summed E-state index contributed by atoms with van der Waals surface area (Å²) in [6.07, 6.45) is 0.272. The molecule has 2 aliphatic rings. The molecule has 1 unspecified atom stereocenters. The number of nitrogens with one attached hydrogen (secondary N) is 1. The Kier molecular flexibility index (Phi) is 6.83. The van der Waals surface area contributed by atoms with Gasteiger partial charge in [-0.1, -0.05) is 0 Å². The maximum absolute atomic E-state index is 12.8. The third kappa shape index (κ3) is 5.03. The van der Waals surface area contributed by atoms with Crippen molar-refractivity contribution < 1.29 is 28.7 Å². The Hall–Kier alpha value is -2.79. The van der Waals surface area contributed by atoms with Gasteiger partial charge < -0.3 is 19.9 Å². The minimum Gasteiger partial charge on any atom is -0.377 e. The molecule has 3 rings (SSSR count). The zero-order valence-electron chi connectivity index (χ0n) is 16.9. The van der Waals surface area contributed by atoms with Gasteiger partial charge in [0.25, 0.3) is 5.91 Å². The molecule has 0 radical (unpaired) electrons. The van der Waals surface area contributed by atoms with Crippen molar-refractivity contribution in [2.24, 2.45) is 0 Å². The van der Waals surface area contributed by atoms with Gasteiger partial charge in [-0.05, 0) is 12.1 Å². The number of morpholine rings is 1. The fourth-order valence-electron chi connectivity index (χ4n) is 3.44.